The summed E-state index contributed by atoms with van der Waals surface area (Å²) in [5.74, 6) is -0.223. The van der Waals surface area contributed by atoms with Crippen molar-refractivity contribution in [3.63, 3.8) is 0 Å². The Labute approximate surface area is 147 Å². The SMILES string of the molecule is C[C@@H](Oc1ccc([N+](=O)[O-])cc1)C(=O)N/N=C\c1ccc([N+](=O)[O-])cc1. The molecule has 0 unspecified atom stereocenters. The van der Waals surface area contributed by atoms with E-state index < -0.39 is 21.9 Å². The fourth-order valence-corrected chi connectivity index (χ4v) is 1.85. The van der Waals surface area contributed by atoms with Crippen LogP contribution in [0.25, 0.3) is 0 Å². The number of amides is 1. The molecule has 134 valence electrons. The predicted octanol–water partition coefficient (Wildman–Crippen LogP) is 2.42. The predicted molar refractivity (Wildman–Crippen MR) is 92.0 cm³/mol. The molecular formula is C16H14N4O6. The van der Waals surface area contributed by atoms with Crippen LogP contribution in [0.4, 0.5) is 11.4 Å². The summed E-state index contributed by atoms with van der Waals surface area (Å²) in [5.41, 5.74) is 2.72. The lowest BCUT2D eigenvalue weighted by atomic mass is 10.2. The van der Waals surface area contributed by atoms with Crippen molar-refractivity contribution in [3.8, 4) is 5.75 Å². The first-order chi connectivity index (χ1) is 12.4. The minimum absolute atomic E-state index is 0.0451. The van der Waals surface area contributed by atoms with Crippen LogP contribution in [-0.4, -0.2) is 28.1 Å². The highest BCUT2D eigenvalue weighted by Gasteiger charge is 2.14. The van der Waals surface area contributed by atoms with Crippen molar-refractivity contribution in [2.75, 3.05) is 0 Å². The number of nitro groups is 2. The second-order valence-electron chi connectivity index (χ2n) is 5.09. The van der Waals surface area contributed by atoms with E-state index >= 15 is 0 Å². The molecule has 10 nitrogen and oxygen atoms in total. The maximum atomic E-state index is 11.9. The number of ether oxygens (including phenoxy) is 1. The number of benzene rings is 2. The van der Waals surface area contributed by atoms with Gasteiger partial charge in [0.25, 0.3) is 17.3 Å². The molecule has 1 amide bonds. The first kappa shape index (κ1) is 18.5. The zero-order valence-electron chi connectivity index (χ0n) is 13.6. The van der Waals surface area contributed by atoms with Crippen LogP contribution in [-0.2, 0) is 4.79 Å². The van der Waals surface area contributed by atoms with Crippen molar-refractivity contribution in [2.24, 2.45) is 5.10 Å². The van der Waals surface area contributed by atoms with E-state index in [9.17, 15) is 25.0 Å². The highest BCUT2D eigenvalue weighted by atomic mass is 16.6. The molecule has 10 heteroatoms. The quantitative estimate of drug-likeness (QED) is 0.458. The second kappa shape index (κ2) is 8.33. The highest BCUT2D eigenvalue weighted by Crippen LogP contribution is 2.18. The Morgan fingerprint density at radius 2 is 1.54 bits per heavy atom. The van der Waals surface area contributed by atoms with E-state index in [-0.39, 0.29) is 11.4 Å². The van der Waals surface area contributed by atoms with Gasteiger partial charge in [-0.15, -0.1) is 0 Å². The van der Waals surface area contributed by atoms with Gasteiger partial charge in [-0.05, 0) is 36.8 Å². The third-order valence-corrected chi connectivity index (χ3v) is 3.22. The zero-order chi connectivity index (χ0) is 19.1. The summed E-state index contributed by atoms with van der Waals surface area (Å²) >= 11 is 0. The molecule has 1 N–H and O–H groups in total. The van der Waals surface area contributed by atoms with Gasteiger partial charge in [-0.2, -0.15) is 5.10 Å². The largest absolute Gasteiger partial charge is 0.481 e. The van der Waals surface area contributed by atoms with Gasteiger partial charge in [0, 0.05) is 24.3 Å². The fourth-order valence-electron chi connectivity index (χ4n) is 1.85. The van der Waals surface area contributed by atoms with Crippen LogP contribution in [0.1, 0.15) is 12.5 Å². The fraction of sp³-hybridized carbons (Fsp3) is 0.125. The van der Waals surface area contributed by atoms with Gasteiger partial charge in [0.05, 0.1) is 16.1 Å². The van der Waals surface area contributed by atoms with Crippen LogP contribution in [0.5, 0.6) is 5.75 Å². The first-order valence-electron chi connectivity index (χ1n) is 7.35. The van der Waals surface area contributed by atoms with E-state index in [1.807, 2.05) is 0 Å². The Kier molecular flexibility index (Phi) is 5.93. The number of rotatable bonds is 7. The molecule has 0 bridgehead atoms. The number of carbonyl (C=O) groups is 1. The number of hydrogen-bond acceptors (Lipinski definition) is 7. The van der Waals surface area contributed by atoms with Gasteiger partial charge in [-0.3, -0.25) is 25.0 Å². The van der Waals surface area contributed by atoms with Gasteiger partial charge in [-0.1, -0.05) is 0 Å². The van der Waals surface area contributed by atoms with Gasteiger partial charge in [0.15, 0.2) is 6.10 Å². The van der Waals surface area contributed by atoms with E-state index in [4.69, 9.17) is 4.74 Å². The third-order valence-electron chi connectivity index (χ3n) is 3.22. The van der Waals surface area contributed by atoms with E-state index in [2.05, 4.69) is 10.5 Å². The molecule has 2 aromatic rings. The first-order valence-corrected chi connectivity index (χ1v) is 7.35. The number of carbonyl (C=O) groups excluding carboxylic acids is 1. The van der Waals surface area contributed by atoms with E-state index in [1.54, 1.807) is 0 Å². The van der Waals surface area contributed by atoms with Gasteiger partial charge in [-0.25, -0.2) is 5.43 Å². The third kappa shape index (κ3) is 5.09. The van der Waals surface area contributed by atoms with Gasteiger partial charge in [0.1, 0.15) is 5.75 Å². The molecule has 2 aromatic carbocycles. The smallest absolute Gasteiger partial charge is 0.280 e. The van der Waals surface area contributed by atoms with Gasteiger partial charge in [0.2, 0.25) is 0 Å². The van der Waals surface area contributed by atoms with Crippen molar-refractivity contribution < 1.29 is 19.4 Å². The van der Waals surface area contributed by atoms with Gasteiger partial charge >= 0.3 is 0 Å². The Bertz CT molecular complexity index is 833. The van der Waals surface area contributed by atoms with Crippen molar-refractivity contribution in [2.45, 2.75) is 13.0 Å². The average Bonchev–Trinajstić information content (AvgIpc) is 2.62. The van der Waals surface area contributed by atoms with Crippen LogP contribution in [0.15, 0.2) is 53.6 Å². The molecule has 0 aliphatic rings. The topological polar surface area (TPSA) is 137 Å². The minimum atomic E-state index is -0.884. The molecule has 1 atom stereocenters. The molecule has 0 aromatic heterocycles. The second-order valence-corrected chi connectivity index (χ2v) is 5.09. The highest BCUT2D eigenvalue weighted by molar-refractivity contribution is 5.84. The number of nitro benzene ring substituents is 2. The Morgan fingerprint density at radius 3 is 2.04 bits per heavy atom. The lowest BCUT2D eigenvalue weighted by molar-refractivity contribution is -0.385. The number of nitrogens with one attached hydrogen (secondary N) is 1. The normalized spacial score (nSPS) is 11.7. The maximum Gasteiger partial charge on any atom is 0.280 e. The van der Waals surface area contributed by atoms with Crippen LogP contribution in [0.2, 0.25) is 0 Å². The number of hydrazone groups is 1. The summed E-state index contributed by atoms with van der Waals surface area (Å²) < 4.78 is 5.37. The molecule has 0 aliphatic heterocycles. The maximum absolute atomic E-state index is 11.9. The number of non-ortho nitro benzene ring substituents is 2. The van der Waals surface area contributed by atoms with Crippen molar-refractivity contribution >= 4 is 23.5 Å². The van der Waals surface area contributed by atoms with Crippen molar-refractivity contribution in [3.05, 3.63) is 74.3 Å². The molecule has 0 saturated heterocycles. The van der Waals surface area contributed by atoms with Crippen LogP contribution >= 0.6 is 0 Å². The standard InChI is InChI=1S/C16H14N4O6/c1-11(26-15-8-6-14(7-9-15)20(24)25)16(21)18-17-10-12-2-4-13(5-3-12)19(22)23/h2-11H,1H3,(H,18,21)/b17-10-/t11-/m1/s1. The summed E-state index contributed by atoms with van der Waals surface area (Å²) in [6.07, 6.45) is 0.450. The van der Waals surface area contributed by atoms with E-state index in [1.165, 1.54) is 61.7 Å². The summed E-state index contributed by atoms with van der Waals surface area (Å²) in [5, 5.41) is 24.9. The number of hydrogen-bond donors (Lipinski definition) is 1. The van der Waals surface area contributed by atoms with Gasteiger partial charge < -0.3 is 4.74 Å². The van der Waals surface area contributed by atoms with E-state index in [0.29, 0.717) is 11.3 Å². The average molecular weight is 358 g/mol. The Balaban J connectivity index is 1.88. The van der Waals surface area contributed by atoms with E-state index in [0.717, 1.165) is 0 Å². The molecule has 26 heavy (non-hydrogen) atoms. The molecule has 2 rings (SSSR count). The summed E-state index contributed by atoms with van der Waals surface area (Å²) in [6, 6.07) is 11.0. The summed E-state index contributed by atoms with van der Waals surface area (Å²) in [4.78, 5) is 32.0. The molecule has 0 saturated carbocycles. The van der Waals surface area contributed by atoms with Crippen LogP contribution in [0, 0.1) is 20.2 Å². The van der Waals surface area contributed by atoms with Crippen LogP contribution in [0.3, 0.4) is 0 Å². The molecular weight excluding hydrogens is 344 g/mol. The monoisotopic (exact) mass is 358 g/mol. The van der Waals surface area contributed by atoms with Crippen molar-refractivity contribution in [1.29, 1.82) is 0 Å². The summed E-state index contributed by atoms with van der Waals surface area (Å²) in [6.45, 7) is 1.50. The molecule has 0 fully saturated rings. The molecule has 0 radical (unpaired) electrons. The summed E-state index contributed by atoms with van der Waals surface area (Å²) in [7, 11) is 0. The Morgan fingerprint density at radius 1 is 1.04 bits per heavy atom. The van der Waals surface area contributed by atoms with Crippen molar-refractivity contribution in [1.82, 2.24) is 5.43 Å². The van der Waals surface area contributed by atoms with Crippen LogP contribution < -0.4 is 10.2 Å². The minimum Gasteiger partial charge on any atom is -0.481 e. The molecule has 0 heterocycles. The lowest BCUT2D eigenvalue weighted by Gasteiger charge is -2.12. The lowest BCUT2D eigenvalue weighted by Crippen LogP contribution is -2.33. The number of nitrogens with zero attached hydrogens (tertiary/aromatic N) is 3. The zero-order valence-corrected chi connectivity index (χ0v) is 13.6. The Hall–Kier alpha value is -3.82. The molecule has 0 spiro atoms. The molecule has 0 aliphatic carbocycles.